The third-order valence-corrected chi connectivity index (χ3v) is 3.91. The Labute approximate surface area is 123 Å². The van der Waals surface area contributed by atoms with Gasteiger partial charge in [0, 0.05) is 5.69 Å². The molecular weight excluding hydrogens is 313 g/mol. The first-order valence-corrected chi connectivity index (χ1v) is 6.43. The normalized spacial score (nSPS) is 16.6. The Morgan fingerprint density at radius 1 is 1.40 bits per heavy atom. The van der Waals surface area contributed by atoms with Gasteiger partial charge in [-0.25, -0.2) is 0 Å². The van der Waals surface area contributed by atoms with E-state index >= 15 is 0 Å². The van der Waals surface area contributed by atoms with E-state index in [0.717, 1.165) is 12.1 Å². The number of nitrogens with two attached hydrogens (primary N) is 1. The van der Waals surface area contributed by atoms with Crippen molar-refractivity contribution in [2.75, 3.05) is 5.32 Å². The van der Waals surface area contributed by atoms with E-state index < -0.39 is 28.1 Å². The van der Waals surface area contributed by atoms with Gasteiger partial charge in [0.1, 0.15) is 0 Å². The molecule has 0 atom stereocenters. The van der Waals surface area contributed by atoms with E-state index in [9.17, 15) is 18.0 Å². The fourth-order valence-corrected chi connectivity index (χ4v) is 2.30. The molecule has 1 aliphatic rings. The average molecular weight is 323 g/mol. The lowest BCUT2D eigenvalue weighted by molar-refractivity contribution is -0.137. The molecule has 108 valence electrons. The van der Waals surface area contributed by atoms with Crippen LogP contribution in [0.4, 0.5) is 18.9 Å². The number of carbonyl (C=O) groups excluding carboxylic acids is 1. The summed E-state index contributed by atoms with van der Waals surface area (Å²) in [6.45, 7) is 0. The van der Waals surface area contributed by atoms with Gasteiger partial charge in [-0.3, -0.25) is 4.79 Å². The summed E-state index contributed by atoms with van der Waals surface area (Å²) >= 11 is 10.3. The number of anilines is 1. The molecule has 1 fully saturated rings. The highest BCUT2D eigenvalue weighted by molar-refractivity contribution is 7.80. The maximum atomic E-state index is 12.7. The first-order chi connectivity index (χ1) is 9.17. The van der Waals surface area contributed by atoms with Crippen molar-refractivity contribution in [1.82, 2.24) is 0 Å². The van der Waals surface area contributed by atoms with Crippen LogP contribution >= 0.6 is 23.8 Å². The van der Waals surface area contributed by atoms with Crippen LogP contribution in [-0.2, 0) is 11.0 Å². The van der Waals surface area contributed by atoms with Gasteiger partial charge in [0.2, 0.25) is 5.91 Å². The van der Waals surface area contributed by atoms with E-state index in [-0.39, 0.29) is 10.7 Å². The number of amides is 1. The van der Waals surface area contributed by atoms with Crippen LogP contribution in [0.25, 0.3) is 0 Å². The van der Waals surface area contributed by atoms with Gasteiger partial charge in [-0.15, -0.1) is 0 Å². The monoisotopic (exact) mass is 322 g/mol. The van der Waals surface area contributed by atoms with Gasteiger partial charge in [0.05, 0.1) is 21.0 Å². The lowest BCUT2D eigenvalue weighted by atomic mass is 10.1. The summed E-state index contributed by atoms with van der Waals surface area (Å²) in [5.74, 6) is -0.486. The van der Waals surface area contributed by atoms with Crippen LogP contribution in [0.3, 0.4) is 0 Å². The Morgan fingerprint density at radius 3 is 2.45 bits per heavy atom. The minimum absolute atomic E-state index is 0.00856. The molecule has 1 aromatic rings. The maximum absolute atomic E-state index is 12.7. The number of alkyl halides is 3. The molecule has 3 N–H and O–H groups in total. The summed E-state index contributed by atoms with van der Waals surface area (Å²) in [6.07, 6.45) is -3.57. The molecule has 3 nitrogen and oxygen atoms in total. The molecule has 20 heavy (non-hydrogen) atoms. The summed E-state index contributed by atoms with van der Waals surface area (Å²) in [5, 5.41) is 1.98. The van der Waals surface area contributed by atoms with E-state index in [2.05, 4.69) is 5.32 Å². The number of benzene rings is 1. The van der Waals surface area contributed by atoms with E-state index in [1.807, 2.05) is 0 Å². The molecule has 0 spiro atoms. The molecule has 0 bridgehead atoms. The highest BCUT2D eigenvalue weighted by Gasteiger charge is 2.52. The van der Waals surface area contributed by atoms with Crippen molar-refractivity contribution in [3.05, 3.63) is 28.8 Å². The molecule has 1 saturated carbocycles. The third kappa shape index (κ3) is 2.73. The lowest BCUT2D eigenvalue weighted by Gasteiger charge is -2.15. The lowest BCUT2D eigenvalue weighted by Crippen LogP contribution is -2.35. The summed E-state index contributed by atoms with van der Waals surface area (Å²) < 4.78 is 38.1. The first-order valence-electron chi connectivity index (χ1n) is 5.65. The predicted molar refractivity (Wildman–Crippen MR) is 73.5 cm³/mol. The molecule has 0 heterocycles. The fraction of sp³-hybridized carbons (Fsp3) is 0.333. The second-order valence-electron chi connectivity index (χ2n) is 4.59. The van der Waals surface area contributed by atoms with Crippen molar-refractivity contribution >= 4 is 40.4 Å². The van der Waals surface area contributed by atoms with Gasteiger partial charge >= 0.3 is 6.18 Å². The molecule has 1 aliphatic carbocycles. The zero-order valence-electron chi connectivity index (χ0n) is 10.1. The van der Waals surface area contributed by atoms with Crippen molar-refractivity contribution in [2.24, 2.45) is 11.1 Å². The summed E-state index contributed by atoms with van der Waals surface area (Å²) in [7, 11) is 0. The van der Waals surface area contributed by atoms with Crippen molar-refractivity contribution in [2.45, 2.75) is 19.0 Å². The Morgan fingerprint density at radius 2 is 2.00 bits per heavy atom. The topological polar surface area (TPSA) is 55.1 Å². The number of halogens is 4. The number of hydrogen-bond acceptors (Lipinski definition) is 2. The van der Waals surface area contributed by atoms with Crippen LogP contribution in [0.15, 0.2) is 18.2 Å². The van der Waals surface area contributed by atoms with Gasteiger partial charge in [0.25, 0.3) is 0 Å². The van der Waals surface area contributed by atoms with Crippen LogP contribution in [0.1, 0.15) is 18.4 Å². The SMILES string of the molecule is NC(=S)C1(C(=O)Nc2ccc(Cl)c(C(F)(F)F)c2)CC1. The zero-order chi connectivity index (χ0) is 15.1. The number of thiocarbonyl (C=S) groups is 1. The summed E-state index contributed by atoms with van der Waals surface area (Å²) in [5.41, 5.74) is 3.56. The summed E-state index contributed by atoms with van der Waals surface area (Å²) in [6, 6.07) is 3.17. The van der Waals surface area contributed by atoms with Crippen LogP contribution in [0.5, 0.6) is 0 Å². The van der Waals surface area contributed by atoms with E-state index in [1.165, 1.54) is 6.07 Å². The molecule has 8 heteroatoms. The molecule has 0 unspecified atom stereocenters. The largest absolute Gasteiger partial charge is 0.417 e. The highest BCUT2D eigenvalue weighted by Crippen LogP contribution is 2.47. The Hall–Kier alpha value is -1.34. The van der Waals surface area contributed by atoms with E-state index in [0.29, 0.717) is 12.8 Å². The highest BCUT2D eigenvalue weighted by atomic mass is 35.5. The van der Waals surface area contributed by atoms with Gasteiger partial charge < -0.3 is 11.1 Å². The van der Waals surface area contributed by atoms with Gasteiger partial charge in [0.15, 0.2) is 0 Å². The van der Waals surface area contributed by atoms with Crippen LogP contribution < -0.4 is 11.1 Å². The Bertz CT molecular complexity index is 585. The van der Waals surface area contributed by atoms with Crippen molar-refractivity contribution < 1.29 is 18.0 Å². The second kappa shape index (κ2) is 4.89. The number of rotatable bonds is 3. The summed E-state index contributed by atoms with van der Waals surface area (Å²) in [4.78, 5) is 12.0. The molecule has 2 rings (SSSR count). The number of hydrogen-bond donors (Lipinski definition) is 2. The molecule has 0 saturated heterocycles. The second-order valence-corrected chi connectivity index (χ2v) is 5.44. The molecule has 1 aromatic carbocycles. The first kappa shape index (κ1) is 15.1. The van der Waals surface area contributed by atoms with Crippen molar-refractivity contribution in [1.29, 1.82) is 0 Å². The van der Waals surface area contributed by atoms with E-state index in [4.69, 9.17) is 29.6 Å². The van der Waals surface area contributed by atoms with Gasteiger partial charge in [-0.2, -0.15) is 13.2 Å². The van der Waals surface area contributed by atoms with Crippen molar-refractivity contribution in [3.8, 4) is 0 Å². The van der Waals surface area contributed by atoms with Crippen LogP contribution in [0, 0.1) is 5.41 Å². The van der Waals surface area contributed by atoms with Crippen molar-refractivity contribution in [3.63, 3.8) is 0 Å². The average Bonchev–Trinajstić information content (AvgIpc) is 3.11. The van der Waals surface area contributed by atoms with Gasteiger partial charge in [-0.1, -0.05) is 23.8 Å². The van der Waals surface area contributed by atoms with Crippen LogP contribution in [0.2, 0.25) is 5.02 Å². The maximum Gasteiger partial charge on any atom is 0.417 e. The molecule has 0 radical (unpaired) electrons. The Balaban J connectivity index is 2.23. The quantitative estimate of drug-likeness (QED) is 0.839. The van der Waals surface area contributed by atoms with Crippen LogP contribution in [-0.4, -0.2) is 10.9 Å². The van der Waals surface area contributed by atoms with E-state index in [1.54, 1.807) is 0 Å². The predicted octanol–water partition coefficient (Wildman–Crippen LogP) is 3.36. The zero-order valence-corrected chi connectivity index (χ0v) is 11.6. The minimum atomic E-state index is -4.59. The van der Waals surface area contributed by atoms with Gasteiger partial charge in [-0.05, 0) is 31.0 Å². The Kier molecular flexibility index (Phi) is 3.68. The third-order valence-electron chi connectivity index (χ3n) is 3.19. The number of carbonyl (C=O) groups is 1. The standard InChI is InChI=1S/C12H10ClF3N2OS/c13-8-2-1-6(5-7(8)12(14,15)16)18-10(19)11(3-4-11)9(17)20/h1-2,5H,3-4H2,(H2,17,20)(H,18,19). The molecule has 0 aromatic heterocycles. The molecule has 1 amide bonds. The smallest absolute Gasteiger partial charge is 0.392 e. The number of nitrogens with one attached hydrogen (secondary N) is 1. The molecule has 0 aliphatic heterocycles. The molecular formula is C12H10ClF3N2OS. The fourth-order valence-electron chi connectivity index (χ4n) is 1.78. The minimum Gasteiger partial charge on any atom is -0.392 e.